The lowest BCUT2D eigenvalue weighted by molar-refractivity contribution is 0.177. The van der Waals surface area contributed by atoms with Crippen LogP contribution in [0.25, 0.3) is 0 Å². The van der Waals surface area contributed by atoms with Gasteiger partial charge in [0.15, 0.2) is 0 Å². The molecule has 0 aliphatic carbocycles. The van der Waals surface area contributed by atoms with Crippen molar-refractivity contribution in [1.29, 1.82) is 0 Å². The highest BCUT2D eigenvalue weighted by molar-refractivity contribution is 5.60. The Bertz CT molecular complexity index is 68.5. The van der Waals surface area contributed by atoms with Crippen LogP contribution in [-0.2, 0) is 4.84 Å². The van der Waals surface area contributed by atoms with Gasteiger partial charge < -0.3 is 4.84 Å². The number of nitrogens with zero attached hydrogens (tertiary/aromatic N) is 1. The summed E-state index contributed by atoms with van der Waals surface area (Å²) in [5, 5.41) is 3.35. The average Bonchev–Trinajstić information content (AvgIpc) is 1.69. The Balaban J connectivity index is 2.82. The summed E-state index contributed by atoms with van der Waals surface area (Å²) in [4.78, 5) is 4.52. The molecular formula is C5H8NO. The van der Waals surface area contributed by atoms with Gasteiger partial charge in [0.1, 0.15) is 6.61 Å². The van der Waals surface area contributed by atoms with Crippen molar-refractivity contribution >= 4 is 6.21 Å². The first-order chi connectivity index (χ1) is 3.41. The maximum absolute atomic E-state index is 4.52. The Kier molecular flexibility index (Phi) is 4.62. The zero-order valence-electron chi connectivity index (χ0n) is 4.13. The lowest BCUT2D eigenvalue weighted by atomic mass is 10.7. The lowest BCUT2D eigenvalue weighted by Crippen LogP contribution is -1.78. The van der Waals surface area contributed by atoms with Gasteiger partial charge in [-0.15, -0.1) is 0 Å². The molecule has 0 fully saturated rings. The van der Waals surface area contributed by atoms with Crippen LogP contribution in [0.15, 0.2) is 17.8 Å². The Morgan fingerprint density at radius 1 is 1.71 bits per heavy atom. The molecule has 0 atom stereocenters. The first kappa shape index (κ1) is 6.21. The molecule has 39 valence electrons. The zero-order valence-corrected chi connectivity index (χ0v) is 4.13. The van der Waals surface area contributed by atoms with E-state index in [0.29, 0.717) is 6.61 Å². The summed E-state index contributed by atoms with van der Waals surface area (Å²) in [6, 6.07) is 0. The van der Waals surface area contributed by atoms with Gasteiger partial charge in [-0.2, -0.15) is 0 Å². The van der Waals surface area contributed by atoms with E-state index in [9.17, 15) is 0 Å². The molecule has 0 aliphatic heterocycles. The van der Waals surface area contributed by atoms with Crippen molar-refractivity contribution < 1.29 is 4.84 Å². The largest absolute Gasteiger partial charge is 0.392 e. The summed E-state index contributed by atoms with van der Waals surface area (Å²) in [5.74, 6) is 0. The van der Waals surface area contributed by atoms with E-state index in [1.165, 1.54) is 6.21 Å². The first-order valence-corrected chi connectivity index (χ1v) is 1.95. The van der Waals surface area contributed by atoms with Crippen LogP contribution in [0, 0.1) is 6.92 Å². The molecule has 0 aromatic carbocycles. The molecule has 0 saturated carbocycles. The molecule has 1 radical (unpaired) electrons. The van der Waals surface area contributed by atoms with Gasteiger partial charge in [-0.25, -0.2) is 0 Å². The molecular weight excluding hydrogens is 90.1 g/mol. The number of rotatable bonds is 3. The molecule has 7 heavy (non-hydrogen) atoms. The Morgan fingerprint density at radius 3 is 2.86 bits per heavy atom. The molecule has 0 saturated heterocycles. The molecule has 0 aromatic rings. The van der Waals surface area contributed by atoms with E-state index >= 15 is 0 Å². The summed E-state index contributed by atoms with van der Waals surface area (Å²) in [5.41, 5.74) is 0. The molecule has 0 rings (SSSR count). The maximum Gasteiger partial charge on any atom is 0.135 e. The summed E-state index contributed by atoms with van der Waals surface area (Å²) in [6.07, 6.45) is 2.95. The van der Waals surface area contributed by atoms with E-state index in [1.54, 1.807) is 6.08 Å². The fourth-order valence-electron chi connectivity index (χ4n) is 0.148. The minimum Gasteiger partial charge on any atom is -0.392 e. The van der Waals surface area contributed by atoms with Crippen molar-refractivity contribution in [3.63, 3.8) is 0 Å². The highest BCUT2D eigenvalue weighted by Gasteiger charge is 1.65. The van der Waals surface area contributed by atoms with Gasteiger partial charge in [0.2, 0.25) is 0 Å². The van der Waals surface area contributed by atoms with Crippen LogP contribution in [0.1, 0.15) is 0 Å². The average molecular weight is 98.1 g/mol. The molecule has 0 spiro atoms. The minimum absolute atomic E-state index is 0.450. The fraction of sp³-hybridized carbons (Fsp3) is 0.200. The van der Waals surface area contributed by atoms with Crippen molar-refractivity contribution in [2.45, 2.75) is 0 Å². The van der Waals surface area contributed by atoms with Crippen LogP contribution in [-0.4, -0.2) is 12.8 Å². The van der Waals surface area contributed by atoms with Crippen molar-refractivity contribution in [2.75, 3.05) is 6.61 Å². The van der Waals surface area contributed by atoms with Crippen molar-refractivity contribution in [1.82, 2.24) is 0 Å². The van der Waals surface area contributed by atoms with Crippen LogP contribution in [0.4, 0.5) is 0 Å². The summed E-state index contributed by atoms with van der Waals surface area (Å²) in [7, 11) is 0. The second kappa shape index (κ2) is 5.21. The van der Waals surface area contributed by atoms with Crippen LogP contribution in [0.3, 0.4) is 0 Å². The fourth-order valence-corrected chi connectivity index (χ4v) is 0.148. The number of hydrogen-bond donors (Lipinski definition) is 0. The molecule has 0 bridgehead atoms. The smallest absolute Gasteiger partial charge is 0.135 e. The van der Waals surface area contributed by atoms with Gasteiger partial charge in [0.25, 0.3) is 0 Å². The third kappa shape index (κ3) is 5.21. The summed E-state index contributed by atoms with van der Waals surface area (Å²) < 4.78 is 0. The molecule has 2 heteroatoms. The molecule has 0 aliphatic rings. The second-order valence-corrected chi connectivity index (χ2v) is 0.872. The first-order valence-electron chi connectivity index (χ1n) is 1.95. The van der Waals surface area contributed by atoms with Gasteiger partial charge in [-0.1, -0.05) is 17.8 Å². The summed E-state index contributed by atoms with van der Waals surface area (Å²) >= 11 is 0. The second-order valence-electron chi connectivity index (χ2n) is 0.872. The van der Waals surface area contributed by atoms with Gasteiger partial charge in [0.05, 0.1) is 0 Å². The van der Waals surface area contributed by atoms with E-state index in [1.807, 2.05) is 0 Å². The topological polar surface area (TPSA) is 21.6 Å². The van der Waals surface area contributed by atoms with Crippen LogP contribution >= 0.6 is 0 Å². The SMILES string of the molecule is [CH2]C=NOCC=C. The quantitative estimate of drug-likeness (QED) is 0.223. The van der Waals surface area contributed by atoms with Crippen molar-refractivity contribution in [3.05, 3.63) is 19.6 Å². The molecule has 2 nitrogen and oxygen atoms in total. The van der Waals surface area contributed by atoms with Gasteiger partial charge >= 0.3 is 0 Å². The highest BCUT2D eigenvalue weighted by atomic mass is 16.6. The van der Waals surface area contributed by atoms with Crippen molar-refractivity contribution in [3.8, 4) is 0 Å². The molecule has 0 N–H and O–H groups in total. The normalized spacial score (nSPS) is 9.29. The molecule has 0 aromatic heterocycles. The highest BCUT2D eigenvalue weighted by Crippen LogP contribution is 1.71. The van der Waals surface area contributed by atoms with E-state index in [-0.39, 0.29) is 0 Å². The van der Waals surface area contributed by atoms with E-state index in [0.717, 1.165) is 0 Å². The van der Waals surface area contributed by atoms with Gasteiger partial charge in [0, 0.05) is 6.21 Å². The van der Waals surface area contributed by atoms with E-state index in [4.69, 9.17) is 0 Å². The predicted molar refractivity (Wildman–Crippen MR) is 30.0 cm³/mol. The van der Waals surface area contributed by atoms with Crippen LogP contribution < -0.4 is 0 Å². The van der Waals surface area contributed by atoms with E-state index in [2.05, 4.69) is 23.5 Å². The predicted octanol–water partition coefficient (Wildman–Crippen LogP) is 1.01. The molecule has 0 unspecified atom stereocenters. The molecule has 0 amide bonds. The Morgan fingerprint density at radius 2 is 2.43 bits per heavy atom. The maximum atomic E-state index is 4.52. The Labute approximate surface area is 43.5 Å². The van der Waals surface area contributed by atoms with Gasteiger partial charge in [-0.05, 0) is 6.92 Å². The zero-order chi connectivity index (χ0) is 5.54. The minimum atomic E-state index is 0.450. The van der Waals surface area contributed by atoms with E-state index < -0.39 is 0 Å². The van der Waals surface area contributed by atoms with Crippen LogP contribution in [0.2, 0.25) is 0 Å². The number of oxime groups is 1. The third-order valence-electron chi connectivity index (χ3n) is 0.341. The van der Waals surface area contributed by atoms with Crippen LogP contribution in [0.5, 0.6) is 0 Å². The Hall–Kier alpha value is -0.790. The standard InChI is InChI=1S/C5H8NO/c1-3-5-7-6-4-2/h3-4H,1-2,5H2. The monoisotopic (exact) mass is 98.1 g/mol. The third-order valence-corrected chi connectivity index (χ3v) is 0.341. The number of hydrogen-bond acceptors (Lipinski definition) is 2. The molecule has 0 heterocycles. The lowest BCUT2D eigenvalue weighted by Gasteiger charge is -1.86. The summed E-state index contributed by atoms with van der Waals surface area (Å²) in [6.45, 7) is 7.17. The van der Waals surface area contributed by atoms with Gasteiger partial charge in [-0.3, -0.25) is 0 Å². The van der Waals surface area contributed by atoms with Crippen molar-refractivity contribution in [2.24, 2.45) is 5.16 Å².